The zero-order chi connectivity index (χ0) is 10.8. The van der Waals surface area contributed by atoms with Gasteiger partial charge in [-0.2, -0.15) is 0 Å². The van der Waals surface area contributed by atoms with Crippen LogP contribution in [-0.2, 0) is 0 Å². The van der Waals surface area contributed by atoms with Gasteiger partial charge in [0.2, 0.25) is 0 Å². The van der Waals surface area contributed by atoms with Crippen molar-refractivity contribution in [3.8, 4) is 0 Å². The number of thioether (sulfide) groups is 1. The second-order valence-electron chi connectivity index (χ2n) is 4.13. The van der Waals surface area contributed by atoms with Gasteiger partial charge >= 0.3 is 0 Å². The first kappa shape index (κ1) is 11.0. The molecule has 1 fully saturated rings. The van der Waals surface area contributed by atoms with Gasteiger partial charge < -0.3 is 9.52 Å². The molecular formula is C11H17NO2S. The summed E-state index contributed by atoms with van der Waals surface area (Å²) in [5.74, 6) is 0.878. The van der Waals surface area contributed by atoms with E-state index in [-0.39, 0.29) is 11.4 Å². The fourth-order valence-electron chi connectivity index (χ4n) is 1.84. The van der Waals surface area contributed by atoms with Gasteiger partial charge in [-0.05, 0) is 26.7 Å². The third-order valence-electron chi connectivity index (χ3n) is 2.93. The van der Waals surface area contributed by atoms with Gasteiger partial charge in [0.1, 0.15) is 5.76 Å². The average Bonchev–Trinajstić information content (AvgIpc) is 2.50. The van der Waals surface area contributed by atoms with Crippen LogP contribution in [-0.4, -0.2) is 21.4 Å². The summed E-state index contributed by atoms with van der Waals surface area (Å²) < 4.78 is 5.51. The first-order valence-corrected chi connectivity index (χ1v) is 6.33. The van der Waals surface area contributed by atoms with Gasteiger partial charge in [0.25, 0.3) is 5.22 Å². The summed E-state index contributed by atoms with van der Waals surface area (Å²) in [6.07, 6.45) is 4.12. The van der Waals surface area contributed by atoms with Crippen LogP contribution in [0.1, 0.15) is 37.1 Å². The number of rotatable bonds is 2. The highest BCUT2D eigenvalue weighted by atomic mass is 32.2. The molecule has 2 atom stereocenters. The average molecular weight is 227 g/mol. The quantitative estimate of drug-likeness (QED) is 0.843. The summed E-state index contributed by atoms with van der Waals surface area (Å²) in [5, 5.41) is 10.8. The van der Waals surface area contributed by atoms with E-state index in [9.17, 15) is 5.11 Å². The lowest BCUT2D eigenvalue weighted by atomic mass is 9.97. The van der Waals surface area contributed by atoms with Crippen LogP contribution >= 0.6 is 11.8 Å². The Hall–Kier alpha value is -0.480. The molecular weight excluding hydrogens is 210 g/mol. The van der Waals surface area contributed by atoms with Crippen molar-refractivity contribution >= 4 is 11.8 Å². The molecule has 84 valence electrons. The molecule has 0 amide bonds. The summed E-state index contributed by atoms with van der Waals surface area (Å²) in [4.78, 5) is 4.32. The Balaban J connectivity index is 2.01. The van der Waals surface area contributed by atoms with Crippen molar-refractivity contribution in [2.24, 2.45) is 0 Å². The minimum absolute atomic E-state index is 0.198. The lowest BCUT2D eigenvalue weighted by molar-refractivity contribution is 0.136. The Morgan fingerprint density at radius 2 is 2.07 bits per heavy atom. The maximum Gasteiger partial charge on any atom is 0.256 e. The van der Waals surface area contributed by atoms with E-state index in [0.717, 1.165) is 30.7 Å². The van der Waals surface area contributed by atoms with Crippen molar-refractivity contribution < 1.29 is 9.52 Å². The lowest BCUT2D eigenvalue weighted by Crippen LogP contribution is -2.26. The van der Waals surface area contributed by atoms with Crippen LogP contribution in [0.25, 0.3) is 0 Å². The van der Waals surface area contributed by atoms with Gasteiger partial charge in [-0.25, -0.2) is 4.98 Å². The fraction of sp³-hybridized carbons (Fsp3) is 0.727. The van der Waals surface area contributed by atoms with Crippen LogP contribution in [0.4, 0.5) is 0 Å². The molecule has 0 spiro atoms. The molecule has 0 aliphatic heterocycles. The molecule has 15 heavy (non-hydrogen) atoms. The monoisotopic (exact) mass is 227 g/mol. The molecule has 2 rings (SSSR count). The molecule has 0 bridgehead atoms. The van der Waals surface area contributed by atoms with Gasteiger partial charge in [0, 0.05) is 5.25 Å². The molecule has 1 heterocycles. The number of nitrogens with zero attached hydrogens (tertiary/aromatic N) is 1. The standard InChI is InChI=1S/C11H17NO2S/c1-7-8(2)14-11(12-7)15-10-6-4-3-5-9(10)13/h9-10,13H,3-6H2,1-2H3. The predicted octanol–water partition coefficient (Wildman–Crippen LogP) is 2.69. The topological polar surface area (TPSA) is 46.3 Å². The van der Waals surface area contributed by atoms with E-state index in [4.69, 9.17) is 4.42 Å². The van der Waals surface area contributed by atoms with E-state index in [1.165, 1.54) is 6.42 Å². The number of aliphatic hydroxyl groups excluding tert-OH is 1. The normalized spacial score (nSPS) is 26.9. The number of aromatic nitrogens is 1. The summed E-state index contributed by atoms with van der Waals surface area (Å²) >= 11 is 1.58. The number of hydrogen-bond donors (Lipinski definition) is 1. The van der Waals surface area contributed by atoms with E-state index >= 15 is 0 Å². The zero-order valence-corrected chi connectivity index (χ0v) is 10.0. The molecule has 0 aromatic carbocycles. The third-order valence-corrected chi connectivity index (χ3v) is 4.16. The van der Waals surface area contributed by atoms with E-state index in [1.807, 2.05) is 13.8 Å². The van der Waals surface area contributed by atoms with Crippen molar-refractivity contribution in [1.82, 2.24) is 4.98 Å². The highest BCUT2D eigenvalue weighted by molar-refractivity contribution is 7.99. The highest BCUT2D eigenvalue weighted by Crippen LogP contribution is 2.33. The fourth-order valence-corrected chi connectivity index (χ4v) is 3.04. The second-order valence-corrected chi connectivity index (χ2v) is 5.32. The summed E-state index contributed by atoms with van der Waals surface area (Å²) in [7, 11) is 0. The second kappa shape index (κ2) is 4.58. The number of aliphatic hydroxyl groups is 1. The molecule has 1 saturated carbocycles. The number of oxazole rings is 1. The molecule has 0 saturated heterocycles. The Bertz CT molecular complexity index is 318. The summed E-state index contributed by atoms with van der Waals surface area (Å²) in [6.45, 7) is 3.86. The van der Waals surface area contributed by atoms with Gasteiger partial charge in [-0.15, -0.1) is 0 Å². The molecule has 4 heteroatoms. The molecule has 3 nitrogen and oxygen atoms in total. The van der Waals surface area contributed by atoms with Crippen molar-refractivity contribution in [1.29, 1.82) is 0 Å². The smallest absolute Gasteiger partial charge is 0.256 e. The van der Waals surface area contributed by atoms with E-state index in [1.54, 1.807) is 11.8 Å². The maximum absolute atomic E-state index is 9.82. The first-order chi connectivity index (χ1) is 7.16. The number of aryl methyl sites for hydroxylation is 2. The van der Waals surface area contributed by atoms with Gasteiger partial charge in [0.15, 0.2) is 0 Å². The van der Waals surface area contributed by atoms with Crippen LogP contribution in [0.3, 0.4) is 0 Å². The van der Waals surface area contributed by atoms with Crippen molar-refractivity contribution in [3.05, 3.63) is 11.5 Å². The maximum atomic E-state index is 9.82. The van der Waals surface area contributed by atoms with Crippen LogP contribution in [0.15, 0.2) is 9.64 Å². The first-order valence-electron chi connectivity index (χ1n) is 5.45. The molecule has 1 aromatic rings. The Labute approximate surface area is 94.3 Å². The van der Waals surface area contributed by atoms with Crippen molar-refractivity contribution in [2.45, 2.75) is 56.1 Å². The minimum atomic E-state index is -0.198. The van der Waals surface area contributed by atoms with E-state index < -0.39 is 0 Å². The molecule has 0 radical (unpaired) electrons. The van der Waals surface area contributed by atoms with E-state index in [2.05, 4.69) is 4.98 Å². The van der Waals surface area contributed by atoms with E-state index in [0.29, 0.717) is 5.22 Å². The molecule has 1 N–H and O–H groups in total. The van der Waals surface area contributed by atoms with Crippen LogP contribution in [0, 0.1) is 13.8 Å². The van der Waals surface area contributed by atoms with Gasteiger partial charge in [-0.1, -0.05) is 24.6 Å². The molecule has 2 unspecified atom stereocenters. The Morgan fingerprint density at radius 3 is 2.67 bits per heavy atom. The summed E-state index contributed by atoms with van der Waals surface area (Å²) in [5.41, 5.74) is 0.947. The Kier molecular flexibility index (Phi) is 3.36. The largest absolute Gasteiger partial charge is 0.437 e. The minimum Gasteiger partial charge on any atom is -0.437 e. The molecule has 1 aliphatic carbocycles. The molecule has 1 aliphatic rings. The number of hydrogen-bond acceptors (Lipinski definition) is 4. The van der Waals surface area contributed by atoms with Crippen LogP contribution < -0.4 is 0 Å². The lowest BCUT2D eigenvalue weighted by Gasteiger charge is -2.25. The SMILES string of the molecule is Cc1nc(SC2CCCCC2O)oc1C. The highest BCUT2D eigenvalue weighted by Gasteiger charge is 2.25. The third kappa shape index (κ3) is 2.55. The predicted molar refractivity (Wildman–Crippen MR) is 60.1 cm³/mol. The molecule has 1 aromatic heterocycles. The van der Waals surface area contributed by atoms with Crippen molar-refractivity contribution in [3.63, 3.8) is 0 Å². The van der Waals surface area contributed by atoms with Crippen molar-refractivity contribution in [2.75, 3.05) is 0 Å². The van der Waals surface area contributed by atoms with Gasteiger partial charge in [-0.3, -0.25) is 0 Å². The Morgan fingerprint density at radius 1 is 1.33 bits per heavy atom. The zero-order valence-electron chi connectivity index (χ0n) is 9.19. The summed E-state index contributed by atoms with van der Waals surface area (Å²) in [6, 6.07) is 0. The van der Waals surface area contributed by atoms with Gasteiger partial charge in [0.05, 0.1) is 11.8 Å². The van der Waals surface area contributed by atoms with Crippen LogP contribution in [0.2, 0.25) is 0 Å². The van der Waals surface area contributed by atoms with Crippen LogP contribution in [0.5, 0.6) is 0 Å².